The summed E-state index contributed by atoms with van der Waals surface area (Å²) >= 11 is 0. The van der Waals surface area contributed by atoms with Gasteiger partial charge >= 0.3 is 5.97 Å². The van der Waals surface area contributed by atoms with Crippen molar-refractivity contribution in [2.75, 3.05) is 0 Å². The van der Waals surface area contributed by atoms with Gasteiger partial charge in [-0.2, -0.15) is 0 Å². The fourth-order valence-corrected chi connectivity index (χ4v) is 3.87. The standard InChI is InChI=1S/C18H26O2/c1-12-8-13(2)10-16(9-12)17(18(19)20)11-15-7-5-4-6-14(15)3/h4-7,12-13,16-17H,8-11H2,1-3H3,(H,19,20). The second-order valence-corrected chi connectivity index (χ2v) is 6.75. The van der Waals surface area contributed by atoms with Crippen molar-refractivity contribution in [3.8, 4) is 0 Å². The topological polar surface area (TPSA) is 37.3 Å². The second-order valence-electron chi connectivity index (χ2n) is 6.75. The van der Waals surface area contributed by atoms with Gasteiger partial charge < -0.3 is 5.11 Å². The minimum atomic E-state index is -0.625. The van der Waals surface area contributed by atoms with Crippen LogP contribution in [0.2, 0.25) is 0 Å². The molecule has 2 rings (SSSR count). The zero-order valence-electron chi connectivity index (χ0n) is 12.8. The molecule has 2 heteroatoms. The van der Waals surface area contributed by atoms with Gasteiger partial charge in [-0.1, -0.05) is 38.1 Å². The smallest absolute Gasteiger partial charge is 0.307 e. The maximum absolute atomic E-state index is 11.7. The van der Waals surface area contributed by atoms with E-state index in [-0.39, 0.29) is 5.92 Å². The number of rotatable bonds is 4. The Morgan fingerprint density at radius 1 is 1.20 bits per heavy atom. The Bertz CT molecular complexity index is 456. The summed E-state index contributed by atoms with van der Waals surface area (Å²) in [7, 11) is 0. The van der Waals surface area contributed by atoms with Crippen LogP contribution in [0.4, 0.5) is 0 Å². The number of benzene rings is 1. The molecule has 1 N–H and O–H groups in total. The van der Waals surface area contributed by atoms with Crippen molar-refractivity contribution in [3.63, 3.8) is 0 Å². The number of hydrogen-bond acceptors (Lipinski definition) is 1. The SMILES string of the molecule is Cc1ccccc1CC(C(=O)O)C1CC(C)CC(C)C1. The number of aryl methyl sites for hydroxylation is 1. The van der Waals surface area contributed by atoms with Crippen LogP contribution >= 0.6 is 0 Å². The van der Waals surface area contributed by atoms with Crippen LogP contribution in [0.15, 0.2) is 24.3 Å². The van der Waals surface area contributed by atoms with Crippen LogP contribution in [0.25, 0.3) is 0 Å². The van der Waals surface area contributed by atoms with E-state index < -0.39 is 5.97 Å². The van der Waals surface area contributed by atoms with Crippen LogP contribution < -0.4 is 0 Å². The molecule has 0 aliphatic heterocycles. The first-order valence-corrected chi connectivity index (χ1v) is 7.74. The van der Waals surface area contributed by atoms with Gasteiger partial charge in [0.15, 0.2) is 0 Å². The summed E-state index contributed by atoms with van der Waals surface area (Å²) in [5.41, 5.74) is 2.39. The highest BCUT2D eigenvalue weighted by Crippen LogP contribution is 2.38. The number of carboxylic acid groups (broad SMARTS) is 1. The molecule has 1 aromatic carbocycles. The van der Waals surface area contributed by atoms with Crippen LogP contribution in [0.5, 0.6) is 0 Å². The van der Waals surface area contributed by atoms with Crippen molar-refractivity contribution in [3.05, 3.63) is 35.4 Å². The Balaban J connectivity index is 2.15. The van der Waals surface area contributed by atoms with E-state index in [2.05, 4.69) is 32.9 Å². The third-order valence-electron chi connectivity index (χ3n) is 4.80. The molecule has 20 heavy (non-hydrogen) atoms. The molecule has 1 saturated carbocycles. The van der Waals surface area contributed by atoms with Gasteiger partial charge in [0.05, 0.1) is 5.92 Å². The van der Waals surface area contributed by atoms with Crippen LogP contribution in [0, 0.1) is 30.6 Å². The van der Waals surface area contributed by atoms with E-state index >= 15 is 0 Å². The molecular formula is C18H26O2. The predicted octanol–water partition coefficient (Wildman–Crippen LogP) is 4.31. The number of carboxylic acids is 1. The van der Waals surface area contributed by atoms with Crippen molar-refractivity contribution in [1.82, 2.24) is 0 Å². The fraction of sp³-hybridized carbons (Fsp3) is 0.611. The maximum atomic E-state index is 11.7. The van der Waals surface area contributed by atoms with E-state index in [0.717, 1.165) is 12.8 Å². The molecule has 0 amide bonds. The van der Waals surface area contributed by atoms with Gasteiger partial charge in [0.1, 0.15) is 0 Å². The predicted molar refractivity (Wildman–Crippen MR) is 81.7 cm³/mol. The maximum Gasteiger partial charge on any atom is 0.307 e. The van der Waals surface area contributed by atoms with Crippen molar-refractivity contribution in [2.45, 2.75) is 46.5 Å². The molecule has 2 nitrogen and oxygen atoms in total. The zero-order valence-corrected chi connectivity index (χ0v) is 12.8. The van der Waals surface area contributed by atoms with Crippen molar-refractivity contribution < 1.29 is 9.90 Å². The Kier molecular flexibility index (Phi) is 4.85. The molecule has 110 valence electrons. The van der Waals surface area contributed by atoms with E-state index in [0.29, 0.717) is 24.2 Å². The molecule has 0 spiro atoms. The largest absolute Gasteiger partial charge is 0.481 e. The van der Waals surface area contributed by atoms with Gasteiger partial charge in [0.2, 0.25) is 0 Å². The highest BCUT2D eigenvalue weighted by molar-refractivity contribution is 5.71. The van der Waals surface area contributed by atoms with Crippen LogP contribution in [0.3, 0.4) is 0 Å². The number of hydrogen-bond donors (Lipinski definition) is 1. The van der Waals surface area contributed by atoms with Crippen LogP contribution in [-0.2, 0) is 11.2 Å². The van der Waals surface area contributed by atoms with Gasteiger partial charge in [-0.3, -0.25) is 4.79 Å². The minimum Gasteiger partial charge on any atom is -0.481 e. The summed E-state index contributed by atoms with van der Waals surface area (Å²) in [6, 6.07) is 8.16. The van der Waals surface area contributed by atoms with Gasteiger partial charge in [-0.25, -0.2) is 0 Å². The molecule has 1 aliphatic rings. The molecule has 0 saturated heterocycles. The van der Waals surface area contributed by atoms with E-state index in [1.807, 2.05) is 12.1 Å². The molecule has 3 atom stereocenters. The second kappa shape index (κ2) is 6.43. The first kappa shape index (κ1) is 15.1. The quantitative estimate of drug-likeness (QED) is 0.888. The van der Waals surface area contributed by atoms with Crippen LogP contribution in [0.1, 0.15) is 44.2 Å². The Morgan fingerprint density at radius 3 is 2.35 bits per heavy atom. The molecule has 1 aliphatic carbocycles. The summed E-state index contributed by atoms with van der Waals surface area (Å²) in [6.07, 6.45) is 4.04. The van der Waals surface area contributed by atoms with Gasteiger partial charge in [-0.05, 0) is 61.5 Å². The third kappa shape index (κ3) is 3.62. The molecule has 1 fully saturated rings. The highest BCUT2D eigenvalue weighted by atomic mass is 16.4. The van der Waals surface area contributed by atoms with Crippen LogP contribution in [-0.4, -0.2) is 11.1 Å². The average Bonchev–Trinajstić information content (AvgIpc) is 2.36. The molecule has 0 bridgehead atoms. The molecule has 0 radical (unpaired) electrons. The van der Waals surface area contributed by atoms with E-state index in [1.165, 1.54) is 17.5 Å². The monoisotopic (exact) mass is 274 g/mol. The van der Waals surface area contributed by atoms with Gasteiger partial charge in [0.25, 0.3) is 0 Å². The van der Waals surface area contributed by atoms with Gasteiger partial charge in [-0.15, -0.1) is 0 Å². The van der Waals surface area contributed by atoms with E-state index in [9.17, 15) is 9.90 Å². The van der Waals surface area contributed by atoms with E-state index in [4.69, 9.17) is 0 Å². The fourth-order valence-electron chi connectivity index (χ4n) is 3.87. The average molecular weight is 274 g/mol. The summed E-state index contributed by atoms with van der Waals surface area (Å²) in [4.78, 5) is 11.7. The molecular weight excluding hydrogens is 248 g/mol. The minimum absolute atomic E-state index is 0.235. The molecule has 0 heterocycles. The first-order valence-electron chi connectivity index (χ1n) is 7.74. The molecule has 1 aromatic rings. The van der Waals surface area contributed by atoms with Crippen molar-refractivity contribution >= 4 is 5.97 Å². The lowest BCUT2D eigenvalue weighted by atomic mass is 9.70. The summed E-state index contributed by atoms with van der Waals surface area (Å²) < 4.78 is 0. The lowest BCUT2D eigenvalue weighted by Crippen LogP contribution is -2.32. The Morgan fingerprint density at radius 2 is 1.80 bits per heavy atom. The Labute approximate surface area is 122 Å². The first-order chi connectivity index (χ1) is 9.47. The van der Waals surface area contributed by atoms with E-state index in [1.54, 1.807) is 0 Å². The highest BCUT2D eigenvalue weighted by Gasteiger charge is 2.34. The summed E-state index contributed by atoms with van der Waals surface area (Å²) in [5, 5.41) is 9.65. The number of carbonyl (C=O) groups is 1. The van der Waals surface area contributed by atoms with Crippen molar-refractivity contribution in [1.29, 1.82) is 0 Å². The lowest BCUT2D eigenvalue weighted by molar-refractivity contribution is -0.144. The third-order valence-corrected chi connectivity index (χ3v) is 4.80. The normalized spacial score (nSPS) is 28.1. The molecule has 0 aromatic heterocycles. The zero-order chi connectivity index (χ0) is 14.7. The van der Waals surface area contributed by atoms with Crippen molar-refractivity contribution in [2.24, 2.45) is 23.7 Å². The number of aliphatic carboxylic acids is 1. The summed E-state index contributed by atoms with van der Waals surface area (Å²) in [6.45, 7) is 6.59. The lowest BCUT2D eigenvalue weighted by Gasteiger charge is -2.35. The van der Waals surface area contributed by atoms with Gasteiger partial charge in [0, 0.05) is 0 Å². The Hall–Kier alpha value is -1.31. The molecule has 3 unspecified atom stereocenters. The summed E-state index contributed by atoms with van der Waals surface area (Å²) in [5.74, 6) is 0.775.